The fourth-order valence-electron chi connectivity index (χ4n) is 1.56. The van der Waals surface area contributed by atoms with Crippen molar-refractivity contribution in [3.05, 3.63) is 30.3 Å². The Balaban J connectivity index is 2.55. The van der Waals surface area contributed by atoms with E-state index in [0.717, 1.165) is 23.7 Å². The highest BCUT2D eigenvalue weighted by Crippen LogP contribution is 2.14. The minimum atomic E-state index is -0.742. The van der Waals surface area contributed by atoms with Gasteiger partial charge < -0.3 is 10.0 Å². The summed E-state index contributed by atoms with van der Waals surface area (Å²) in [7, 11) is 0. The lowest BCUT2D eigenvalue weighted by Gasteiger charge is -2.23. The van der Waals surface area contributed by atoms with Gasteiger partial charge in [-0.05, 0) is 17.9 Å². The monoisotopic (exact) mass is 253 g/mol. The molecule has 0 saturated heterocycles. The number of carboxylic acids is 1. The maximum Gasteiger partial charge on any atom is 0.305 e. The van der Waals surface area contributed by atoms with Crippen molar-refractivity contribution < 1.29 is 9.90 Å². The van der Waals surface area contributed by atoms with Crippen LogP contribution in [0.2, 0.25) is 0 Å². The Labute approximate surface area is 107 Å². The summed E-state index contributed by atoms with van der Waals surface area (Å²) in [5.74, 6) is 1.39. The molecule has 0 saturated carbocycles. The molecule has 0 radical (unpaired) electrons. The molecule has 0 aliphatic heterocycles. The van der Waals surface area contributed by atoms with Crippen molar-refractivity contribution in [2.45, 2.75) is 13.3 Å². The third-order valence-corrected chi connectivity index (χ3v) is 3.31. The third kappa shape index (κ3) is 5.63. The molecule has 1 N–H and O–H groups in total. The van der Waals surface area contributed by atoms with E-state index in [2.05, 4.69) is 11.8 Å². The lowest BCUT2D eigenvalue weighted by molar-refractivity contribution is -0.136. The Morgan fingerprint density at radius 2 is 2.00 bits per heavy atom. The van der Waals surface area contributed by atoms with Crippen LogP contribution >= 0.6 is 11.8 Å². The molecule has 17 heavy (non-hydrogen) atoms. The van der Waals surface area contributed by atoms with Gasteiger partial charge in [-0.3, -0.25) is 4.79 Å². The lowest BCUT2D eigenvalue weighted by atomic mass is 10.2. The first kappa shape index (κ1) is 13.9. The lowest BCUT2D eigenvalue weighted by Crippen LogP contribution is -2.28. The van der Waals surface area contributed by atoms with Crippen LogP contribution in [0, 0.1) is 0 Å². The minimum absolute atomic E-state index is 0.186. The van der Waals surface area contributed by atoms with Crippen LogP contribution in [0.3, 0.4) is 0 Å². The Morgan fingerprint density at radius 1 is 1.29 bits per heavy atom. The van der Waals surface area contributed by atoms with Gasteiger partial charge in [0.2, 0.25) is 0 Å². The van der Waals surface area contributed by atoms with Crippen molar-refractivity contribution in [3.8, 4) is 0 Å². The fourth-order valence-corrected chi connectivity index (χ4v) is 2.20. The Morgan fingerprint density at radius 3 is 2.59 bits per heavy atom. The molecule has 1 rings (SSSR count). The quantitative estimate of drug-likeness (QED) is 0.723. The highest BCUT2D eigenvalue weighted by Gasteiger charge is 2.07. The van der Waals surface area contributed by atoms with Crippen LogP contribution in [-0.2, 0) is 4.79 Å². The molecular formula is C13H19NO2S. The maximum atomic E-state index is 10.6. The summed E-state index contributed by atoms with van der Waals surface area (Å²) in [6.45, 7) is 3.61. The molecule has 0 aliphatic rings. The Kier molecular flexibility index (Phi) is 6.55. The molecular weight excluding hydrogens is 234 g/mol. The predicted octanol–water partition coefficient (Wildman–Crippen LogP) is 2.72. The van der Waals surface area contributed by atoms with Crippen molar-refractivity contribution in [3.63, 3.8) is 0 Å². The summed E-state index contributed by atoms with van der Waals surface area (Å²) in [4.78, 5) is 12.8. The van der Waals surface area contributed by atoms with E-state index in [9.17, 15) is 4.79 Å². The standard InChI is InChI=1S/C13H19NO2S/c1-2-17-11-10-14(9-8-13(15)16)12-6-4-3-5-7-12/h3-7H,2,8-11H2,1H3,(H,15,16). The van der Waals surface area contributed by atoms with Crippen LogP contribution in [0.15, 0.2) is 30.3 Å². The normalized spacial score (nSPS) is 10.2. The zero-order chi connectivity index (χ0) is 12.5. The van der Waals surface area contributed by atoms with Crippen LogP contribution in [0.1, 0.15) is 13.3 Å². The number of carboxylic acid groups (broad SMARTS) is 1. The molecule has 94 valence electrons. The number of carbonyl (C=O) groups is 1. The molecule has 1 aromatic rings. The largest absolute Gasteiger partial charge is 0.481 e. The molecule has 3 nitrogen and oxygen atoms in total. The molecule has 0 unspecified atom stereocenters. The summed E-state index contributed by atoms with van der Waals surface area (Å²) in [6, 6.07) is 9.99. The molecule has 0 aliphatic carbocycles. The first-order valence-corrected chi connectivity index (χ1v) is 6.99. The van der Waals surface area contributed by atoms with E-state index in [1.54, 1.807) is 0 Å². The highest BCUT2D eigenvalue weighted by molar-refractivity contribution is 7.99. The molecule has 0 amide bonds. The highest BCUT2D eigenvalue weighted by atomic mass is 32.2. The van der Waals surface area contributed by atoms with Crippen molar-refractivity contribution in [2.24, 2.45) is 0 Å². The summed E-state index contributed by atoms with van der Waals surface area (Å²) in [5, 5.41) is 8.75. The van der Waals surface area contributed by atoms with Crippen LogP contribution in [0.4, 0.5) is 5.69 Å². The topological polar surface area (TPSA) is 40.5 Å². The van der Waals surface area contributed by atoms with Gasteiger partial charge in [0.25, 0.3) is 0 Å². The Hall–Kier alpha value is -1.16. The average molecular weight is 253 g/mol. The predicted molar refractivity (Wildman–Crippen MR) is 73.9 cm³/mol. The van der Waals surface area contributed by atoms with Crippen LogP contribution < -0.4 is 4.90 Å². The van der Waals surface area contributed by atoms with E-state index >= 15 is 0 Å². The number of hydrogen-bond donors (Lipinski definition) is 1. The molecule has 0 bridgehead atoms. The van der Waals surface area contributed by atoms with E-state index in [0.29, 0.717) is 6.54 Å². The second kappa shape index (κ2) is 8.01. The second-order valence-corrected chi connectivity index (χ2v) is 5.06. The van der Waals surface area contributed by atoms with Gasteiger partial charge in [-0.25, -0.2) is 0 Å². The molecule has 0 heterocycles. The van der Waals surface area contributed by atoms with Gasteiger partial charge in [-0.15, -0.1) is 0 Å². The van der Waals surface area contributed by atoms with Gasteiger partial charge in [0.15, 0.2) is 0 Å². The number of hydrogen-bond acceptors (Lipinski definition) is 3. The van der Waals surface area contributed by atoms with Crippen molar-refractivity contribution in [1.29, 1.82) is 0 Å². The van der Waals surface area contributed by atoms with E-state index in [1.807, 2.05) is 42.1 Å². The van der Waals surface area contributed by atoms with Crippen LogP contribution in [0.25, 0.3) is 0 Å². The minimum Gasteiger partial charge on any atom is -0.481 e. The number of para-hydroxylation sites is 1. The second-order valence-electron chi connectivity index (χ2n) is 3.66. The van der Waals surface area contributed by atoms with Gasteiger partial charge in [0.05, 0.1) is 6.42 Å². The smallest absolute Gasteiger partial charge is 0.305 e. The number of aliphatic carboxylic acids is 1. The van der Waals surface area contributed by atoms with E-state index < -0.39 is 5.97 Å². The van der Waals surface area contributed by atoms with E-state index in [1.165, 1.54) is 0 Å². The van der Waals surface area contributed by atoms with Gasteiger partial charge in [-0.2, -0.15) is 11.8 Å². The zero-order valence-corrected chi connectivity index (χ0v) is 10.9. The van der Waals surface area contributed by atoms with Crippen molar-refractivity contribution >= 4 is 23.4 Å². The van der Waals surface area contributed by atoms with Crippen molar-refractivity contribution in [2.75, 3.05) is 29.5 Å². The van der Waals surface area contributed by atoms with Gasteiger partial charge in [0.1, 0.15) is 0 Å². The van der Waals surface area contributed by atoms with Crippen molar-refractivity contribution in [1.82, 2.24) is 0 Å². The van der Waals surface area contributed by atoms with Crippen LogP contribution in [-0.4, -0.2) is 35.7 Å². The number of nitrogens with zero attached hydrogens (tertiary/aromatic N) is 1. The van der Waals surface area contributed by atoms with Gasteiger partial charge in [0, 0.05) is 24.5 Å². The van der Waals surface area contributed by atoms with E-state index in [4.69, 9.17) is 5.11 Å². The zero-order valence-electron chi connectivity index (χ0n) is 10.1. The first-order chi connectivity index (χ1) is 8.24. The van der Waals surface area contributed by atoms with Crippen LogP contribution in [0.5, 0.6) is 0 Å². The molecule has 0 atom stereocenters. The number of rotatable bonds is 8. The van der Waals surface area contributed by atoms with Gasteiger partial charge in [-0.1, -0.05) is 25.1 Å². The summed E-state index contributed by atoms with van der Waals surface area (Å²) < 4.78 is 0. The summed E-state index contributed by atoms with van der Waals surface area (Å²) >= 11 is 1.88. The number of thioether (sulfide) groups is 1. The Bertz CT molecular complexity index is 329. The summed E-state index contributed by atoms with van der Waals surface area (Å²) in [5.41, 5.74) is 1.10. The number of anilines is 1. The number of benzene rings is 1. The first-order valence-electron chi connectivity index (χ1n) is 5.83. The molecule has 4 heteroatoms. The molecule has 1 aromatic carbocycles. The fraction of sp³-hybridized carbons (Fsp3) is 0.462. The molecule has 0 spiro atoms. The van der Waals surface area contributed by atoms with Gasteiger partial charge >= 0.3 is 5.97 Å². The summed E-state index contributed by atoms with van der Waals surface area (Å²) in [6.07, 6.45) is 0.186. The maximum absolute atomic E-state index is 10.6. The SMILES string of the molecule is CCSCCN(CCC(=O)O)c1ccccc1. The molecule has 0 aromatic heterocycles. The average Bonchev–Trinajstić information content (AvgIpc) is 2.34. The van der Waals surface area contributed by atoms with E-state index in [-0.39, 0.29) is 6.42 Å². The third-order valence-electron chi connectivity index (χ3n) is 2.43. The molecule has 0 fully saturated rings.